The van der Waals surface area contributed by atoms with Crippen LogP contribution in [0.2, 0.25) is 0 Å². The average molecular weight is 455 g/mol. The Kier molecular flexibility index (Phi) is 10.4. The molecule has 3 unspecified atom stereocenters. The molecule has 0 aromatic carbocycles. The van der Waals surface area contributed by atoms with E-state index in [0.29, 0.717) is 44.7 Å². The number of hydrogen-bond donors (Lipinski definition) is 6. The number of carboxylic acid groups (broad SMARTS) is 1. The average Bonchev–Trinajstić information content (AvgIpc) is 3.27. The van der Waals surface area contributed by atoms with E-state index in [1.54, 1.807) is 0 Å². The molecule has 1 amide bonds. The summed E-state index contributed by atoms with van der Waals surface area (Å²) in [6.45, 7) is 3.64. The fraction of sp³-hybridized carbons (Fsp3) is 0.700. The largest absolute Gasteiger partial charge is 0.478 e. The maximum Gasteiger partial charge on any atom is 0.409 e. The van der Waals surface area contributed by atoms with E-state index < -0.39 is 29.4 Å². The van der Waals surface area contributed by atoms with E-state index in [1.807, 2.05) is 19.2 Å². The van der Waals surface area contributed by atoms with Gasteiger partial charge >= 0.3 is 12.1 Å². The number of carbonyl (C=O) groups excluding carboxylic acids is 2. The molecule has 2 aliphatic rings. The van der Waals surface area contributed by atoms with Gasteiger partial charge in [-0.2, -0.15) is 0 Å². The van der Waals surface area contributed by atoms with Crippen LogP contribution in [0, 0.1) is 5.92 Å². The second kappa shape index (κ2) is 13.0. The van der Waals surface area contributed by atoms with Crippen LogP contribution in [0.15, 0.2) is 17.4 Å². The predicted molar refractivity (Wildman–Crippen MR) is 116 cm³/mol. The van der Waals surface area contributed by atoms with Crippen LogP contribution in [-0.4, -0.2) is 66.9 Å². The number of carboxylic acids is 1. The van der Waals surface area contributed by atoms with Crippen molar-refractivity contribution in [2.24, 2.45) is 16.8 Å². The molecule has 0 aliphatic carbocycles. The lowest BCUT2D eigenvalue weighted by molar-refractivity contribution is -0.150. The molecule has 0 fully saturated rings. The SMILES string of the molecule is CCCCOC(=O)NC(N)(C(=O)O)C(CCCNC1NC=CCN1)C(=O)CC1=NOCC1. The highest BCUT2D eigenvalue weighted by atomic mass is 16.6. The van der Waals surface area contributed by atoms with E-state index in [9.17, 15) is 19.5 Å². The summed E-state index contributed by atoms with van der Waals surface area (Å²) < 4.78 is 5.01. The summed E-state index contributed by atoms with van der Waals surface area (Å²) in [5.41, 5.74) is 4.34. The number of unbranched alkanes of at least 4 members (excludes halogenated alkanes) is 1. The minimum atomic E-state index is -2.32. The van der Waals surface area contributed by atoms with E-state index in [2.05, 4.69) is 26.4 Å². The molecule has 0 spiro atoms. The molecule has 0 radical (unpaired) electrons. The highest BCUT2D eigenvalue weighted by Crippen LogP contribution is 2.23. The van der Waals surface area contributed by atoms with Gasteiger partial charge in [0.25, 0.3) is 0 Å². The minimum Gasteiger partial charge on any atom is -0.478 e. The number of nitrogens with two attached hydrogens (primary N) is 1. The Balaban J connectivity index is 2.05. The zero-order valence-corrected chi connectivity index (χ0v) is 18.4. The van der Waals surface area contributed by atoms with E-state index in [0.717, 1.165) is 6.42 Å². The van der Waals surface area contributed by atoms with Gasteiger partial charge in [-0.3, -0.25) is 26.5 Å². The van der Waals surface area contributed by atoms with Gasteiger partial charge in [-0.25, -0.2) is 9.59 Å². The van der Waals surface area contributed by atoms with Crippen LogP contribution in [0.4, 0.5) is 4.79 Å². The van der Waals surface area contributed by atoms with Gasteiger partial charge in [-0.05, 0) is 32.0 Å². The Hall–Kier alpha value is -2.70. The Morgan fingerprint density at radius 1 is 1.44 bits per heavy atom. The van der Waals surface area contributed by atoms with Crippen molar-refractivity contribution in [1.82, 2.24) is 21.3 Å². The second-order valence-corrected chi connectivity index (χ2v) is 7.73. The van der Waals surface area contributed by atoms with Crippen molar-refractivity contribution in [1.29, 1.82) is 0 Å². The summed E-state index contributed by atoms with van der Waals surface area (Å²) in [5, 5.41) is 25.4. The quantitative estimate of drug-likeness (QED) is 0.154. The number of carbonyl (C=O) groups is 3. The molecule has 0 aromatic rings. The molecule has 2 heterocycles. The van der Waals surface area contributed by atoms with E-state index in [1.165, 1.54) is 0 Å². The highest BCUT2D eigenvalue weighted by molar-refractivity contribution is 6.05. The van der Waals surface area contributed by atoms with E-state index >= 15 is 0 Å². The summed E-state index contributed by atoms with van der Waals surface area (Å²) in [4.78, 5) is 42.3. The summed E-state index contributed by atoms with van der Waals surface area (Å²) in [6.07, 6.45) is 5.08. The molecule has 32 heavy (non-hydrogen) atoms. The Labute approximate surface area is 187 Å². The van der Waals surface area contributed by atoms with Crippen molar-refractivity contribution in [2.75, 3.05) is 26.3 Å². The number of oxime groups is 1. The number of amides is 1. The van der Waals surface area contributed by atoms with E-state index in [4.69, 9.17) is 15.3 Å². The first-order chi connectivity index (χ1) is 15.4. The summed E-state index contributed by atoms with van der Waals surface area (Å²) >= 11 is 0. The lowest BCUT2D eigenvalue weighted by Gasteiger charge is -2.33. The molecule has 2 aliphatic heterocycles. The van der Waals surface area contributed by atoms with Crippen LogP contribution in [0.3, 0.4) is 0 Å². The zero-order valence-electron chi connectivity index (χ0n) is 18.4. The molecular weight excluding hydrogens is 420 g/mol. The third kappa shape index (κ3) is 7.77. The number of ether oxygens (including phenoxy) is 1. The number of aliphatic carboxylic acids is 1. The molecule has 180 valence electrons. The summed E-state index contributed by atoms with van der Waals surface area (Å²) in [5.74, 6) is -3.12. The second-order valence-electron chi connectivity index (χ2n) is 7.73. The van der Waals surface area contributed by atoms with Gasteiger partial charge < -0.3 is 20.0 Å². The van der Waals surface area contributed by atoms with Crippen molar-refractivity contribution in [3.8, 4) is 0 Å². The van der Waals surface area contributed by atoms with Gasteiger partial charge in [0.05, 0.1) is 18.2 Å². The normalized spacial score (nSPS) is 20.3. The summed E-state index contributed by atoms with van der Waals surface area (Å²) in [7, 11) is 0. The molecule has 0 aromatic heterocycles. The van der Waals surface area contributed by atoms with Gasteiger partial charge in [-0.1, -0.05) is 24.6 Å². The fourth-order valence-corrected chi connectivity index (χ4v) is 3.39. The number of nitrogens with zero attached hydrogens (tertiary/aromatic N) is 1. The highest BCUT2D eigenvalue weighted by Gasteiger charge is 2.47. The lowest BCUT2D eigenvalue weighted by atomic mass is 9.83. The fourth-order valence-electron chi connectivity index (χ4n) is 3.39. The van der Waals surface area contributed by atoms with Crippen LogP contribution in [0.25, 0.3) is 0 Å². The van der Waals surface area contributed by atoms with Gasteiger partial charge in [0, 0.05) is 19.4 Å². The number of rotatable bonds is 14. The van der Waals surface area contributed by atoms with Crippen molar-refractivity contribution in [2.45, 2.75) is 57.4 Å². The molecule has 0 bridgehead atoms. The molecule has 2 rings (SSSR count). The first-order valence-electron chi connectivity index (χ1n) is 10.9. The van der Waals surface area contributed by atoms with Crippen LogP contribution in [-0.2, 0) is 19.2 Å². The van der Waals surface area contributed by atoms with Gasteiger partial charge in [0.15, 0.2) is 0 Å². The van der Waals surface area contributed by atoms with Crippen LogP contribution in [0.1, 0.15) is 45.4 Å². The number of Topliss-reactive ketones (excluding diaryl/α,β-unsaturated/α-hetero) is 1. The van der Waals surface area contributed by atoms with Crippen LogP contribution >= 0.6 is 0 Å². The maximum absolute atomic E-state index is 13.1. The lowest BCUT2D eigenvalue weighted by Crippen LogP contribution is -2.68. The first kappa shape index (κ1) is 25.6. The molecule has 12 heteroatoms. The number of alkyl carbamates (subject to hydrolysis) is 1. The van der Waals surface area contributed by atoms with Crippen LogP contribution in [0.5, 0.6) is 0 Å². The monoisotopic (exact) mass is 454 g/mol. The molecule has 3 atom stereocenters. The van der Waals surface area contributed by atoms with Crippen molar-refractivity contribution < 1.29 is 29.1 Å². The van der Waals surface area contributed by atoms with Crippen molar-refractivity contribution in [3.63, 3.8) is 0 Å². The molecule has 12 nitrogen and oxygen atoms in total. The standard InChI is InChI=1S/C20H34N6O6/c1-2-3-11-31-19(30)25-20(21,17(28)29)15(16(27)13-14-7-12-32-26-14)6-4-8-22-18-23-9-5-10-24-18/h5,9,15,18,22-24H,2-4,6-8,10-13,21H2,1H3,(H,25,30)(H,28,29). The van der Waals surface area contributed by atoms with Gasteiger partial charge in [0.1, 0.15) is 18.7 Å². The smallest absolute Gasteiger partial charge is 0.409 e. The number of nitrogens with one attached hydrogen (secondary N) is 4. The molecule has 7 N–H and O–H groups in total. The molecule has 0 saturated heterocycles. The van der Waals surface area contributed by atoms with E-state index in [-0.39, 0.29) is 25.7 Å². The van der Waals surface area contributed by atoms with Crippen LogP contribution < -0.4 is 27.0 Å². The topological polar surface area (TPSA) is 176 Å². The third-order valence-corrected chi connectivity index (χ3v) is 5.22. The maximum atomic E-state index is 13.1. The summed E-state index contributed by atoms with van der Waals surface area (Å²) in [6, 6.07) is 0. The number of hydrogen-bond acceptors (Lipinski definition) is 10. The molecular formula is C20H34N6O6. The van der Waals surface area contributed by atoms with Crippen molar-refractivity contribution in [3.05, 3.63) is 12.3 Å². The molecule has 0 saturated carbocycles. The predicted octanol–water partition coefficient (Wildman–Crippen LogP) is -0.0361. The third-order valence-electron chi connectivity index (χ3n) is 5.22. The Morgan fingerprint density at radius 3 is 2.88 bits per heavy atom. The zero-order chi connectivity index (χ0) is 23.4. The minimum absolute atomic E-state index is 0.0899. The number of ketones is 1. The van der Waals surface area contributed by atoms with Crippen molar-refractivity contribution >= 4 is 23.6 Å². The van der Waals surface area contributed by atoms with Gasteiger partial charge in [-0.15, -0.1) is 0 Å². The first-order valence-corrected chi connectivity index (χ1v) is 10.9. The van der Waals surface area contributed by atoms with Gasteiger partial charge in [0.2, 0.25) is 5.66 Å². The Morgan fingerprint density at radius 2 is 2.25 bits per heavy atom. The Bertz CT molecular complexity index is 715.